The maximum atomic E-state index is 12.3. The van der Waals surface area contributed by atoms with Crippen molar-refractivity contribution in [1.29, 1.82) is 0 Å². The van der Waals surface area contributed by atoms with Crippen molar-refractivity contribution in [3.63, 3.8) is 0 Å². The van der Waals surface area contributed by atoms with Crippen LogP contribution in [0.5, 0.6) is 11.5 Å². The van der Waals surface area contributed by atoms with Gasteiger partial charge in [-0.15, -0.1) is 0 Å². The molecule has 0 saturated carbocycles. The summed E-state index contributed by atoms with van der Waals surface area (Å²) in [6.07, 6.45) is 3.40. The Hall–Kier alpha value is -2.55. The summed E-state index contributed by atoms with van der Waals surface area (Å²) in [5, 5.41) is 0. The van der Waals surface area contributed by atoms with Crippen molar-refractivity contribution in [2.45, 2.75) is 26.2 Å². The van der Waals surface area contributed by atoms with Crippen LogP contribution < -0.4 is 9.47 Å². The van der Waals surface area contributed by atoms with Gasteiger partial charge in [-0.2, -0.15) is 0 Å². The van der Waals surface area contributed by atoms with Crippen molar-refractivity contribution in [3.8, 4) is 11.5 Å². The summed E-state index contributed by atoms with van der Waals surface area (Å²) in [7, 11) is 0. The average molecular weight is 322 g/mol. The quantitative estimate of drug-likeness (QED) is 0.609. The molecule has 0 saturated heterocycles. The van der Waals surface area contributed by atoms with Gasteiger partial charge in [-0.25, -0.2) is 0 Å². The van der Waals surface area contributed by atoms with E-state index < -0.39 is 0 Å². The zero-order chi connectivity index (χ0) is 17.2. The fraction of sp³-hybridized carbons (Fsp3) is 0.286. The van der Waals surface area contributed by atoms with E-state index >= 15 is 0 Å². The van der Waals surface area contributed by atoms with Gasteiger partial charge in [-0.3, -0.25) is 4.79 Å². The zero-order valence-corrected chi connectivity index (χ0v) is 14.3. The molecule has 3 heteroatoms. The molecule has 3 rings (SSSR count). The van der Waals surface area contributed by atoms with Gasteiger partial charge < -0.3 is 9.47 Å². The molecule has 1 aliphatic heterocycles. The number of rotatable bonds is 3. The van der Waals surface area contributed by atoms with E-state index in [0.717, 1.165) is 17.1 Å². The van der Waals surface area contributed by atoms with Gasteiger partial charge >= 0.3 is 0 Å². The van der Waals surface area contributed by atoms with Crippen LogP contribution in [0.15, 0.2) is 48.5 Å². The molecular weight excluding hydrogens is 300 g/mol. The molecule has 0 atom stereocenters. The summed E-state index contributed by atoms with van der Waals surface area (Å²) in [5.41, 5.74) is 2.91. The summed E-state index contributed by atoms with van der Waals surface area (Å²) >= 11 is 0. The Morgan fingerprint density at radius 2 is 1.62 bits per heavy atom. The highest BCUT2D eigenvalue weighted by Crippen LogP contribution is 2.31. The van der Waals surface area contributed by atoms with Crippen LogP contribution in [0.25, 0.3) is 6.08 Å². The number of ketones is 1. The molecular formula is C21H22O3. The lowest BCUT2D eigenvalue weighted by molar-refractivity contribution is 0.104. The van der Waals surface area contributed by atoms with Crippen molar-refractivity contribution >= 4 is 11.9 Å². The number of benzene rings is 2. The van der Waals surface area contributed by atoms with E-state index in [4.69, 9.17) is 9.47 Å². The minimum absolute atomic E-state index is 0.00894. The molecule has 2 aromatic rings. The van der Waals surface area contributed by atoms with Crippen molar-refractivity contribution < 1.29 is 14.3 Å². The normalized spacial score (nSPS) is 14.0. The van der Waals surface area contributed by atoms with Crippen LogP contribution in [0.3, 0.4) is 0 Å². The summed E-state index contributed by atoms with van der Waals surface area (Å²) in [5.74, 6) is 1.47. The number of carbonyl (C=O) groups is 1. The van der Waals surface area contributed by atoms with Crippen LogP contribution in [0.1, 0.15) is 42.3 Å². The third kappa shape index (κ3) is 3.67. The maximum Gasteiger partial charge on any atom is 0.185 e. The predicted molar refractivity (Wildman–Crippen MR) is 95.9 cm³/mol. The summed E-state index contributed by atoms with van der Waals surface area (Å²) < 4.78 is 11.1. The molecule has 0 aromatic heterocycles. The number of allylic oxidation sites excluding steroid dienone is 1. The van der Waals surface area contributed by atoms with Gasteiger partial charge in [-0.1, -0.05) is 57.2 Å². The average Bonchev–Trinajstić information content (AvgIpc) is 2.59. The third-order valence-electron chi connectivity index (χ3n) is 4.03. The molecule has 24 heavy (non-hydrogen) atoms. The Labute approximate surface area is 142 Å². The van der Waals surface area contributed by atoms with Crippen molar-refractivity contribution in [3.05, 3.63) is 65.2 Å². The van der Waals surface area contributed by atoms with Gasteiger partial charge in [0.15, 0.2) is 17.3 Å². The minimum atomic E-state index is -0.00894. The van der Waals surface area contributed by atoms with Crippen molar-refractivity contribution in [2.75, 3.05) is 13.2 Å². The first-order valence-electron chi connectivity index (χ1n) is 8.16. The lowest BCUT2D eigenvalue weighted by Gasteiger charge is -2.18. The number of hydrogen-bond donors (Lipinski definition) is 0. The van der Waals surface area contributed by atoms with Crippen LogP contribution in [0.4, 0.5) is 0 Å². The lowest BCUT2D eigenvalue weighted by Crippen LogP contribution is -2.15. The Bertz CT molecular complexity index is 765. The fourth-order valence-corrected chi connectivity index (χ4v) is 2.57. The standard InChI is InChI=1S/C21H22O3/c1-21(2,3)17-8-6-16(7-9-17)18(22)10-4-15-5-11-19-20(14-15)24-13-12-23-19/h4-11,14H,12-13H2,1-3H3/b10-4+. The molecule has 2 aromatic carbocycles. The van der Waals surface area contributed by atoms with Crippen LogP contribution in [-0.4, -0.2) is 19.0 Å². The van der Waals surface area contributed by atoms with E-state index in [9.17, 15) is 4.79 Å². The minimum Gasteiger partial charge on any atom is -0.486 e. The van der Waals surface area contributed by atoms with Gasteiger partial charge in [0.25, 0.3) is 0 Å². The van der Waals surface area contributed by atoms with Gasteiger partial charge in [-0.05, 0) is 34.8 Å². The molecule has 0 aliphatic carbocycles. The molecule has 0 unspecified atom stereocenters. The monoisotopic (exact) mass is 322 g/mol. The predicted octanol–water partition coefficient (Wildman–Crippen LogP) is 4.65. The number of ether oxygens (including phenoxy) is 2. The summed E-state index contributed by atoms with van der Waals surface area (Å²) in [6.45, 7) is 7.60. The van der Waals surface area contributed by atoms with E-state index in [2.05, 4.69) is 20.8 Å². The highest BCUT2D eigenvalue weighted by atomic mass is 16.6. The highest BCUT2D eigenvalue weighted by molar-refractivity contribution is 6.06. The molecule has 124 valence electrons. The molecule has 1 heterocycles. The molecule has 0 amide bonds. The summed E-state index contributed by atoms with van der Waals surface area (Å²) in [4.78, 5) is 12.3. The van der Waals surface area contributed by atoms with E-state index in [0.29, 0.717) is 18.8 Å². The number of fused-ring (bicyclic) bond motifs is 1. The molecule has 0 N–H and O–H groups in total. The van der Waals surface area contributed by atoms with E-state index in [1.807, 2.05) is 42.5 Å². The first kappa shape index (κ1) is 16.3. The second-order valence-electron chi connectivity index (χ2n) is 6.93. The Morgan fingerprint density at radius 3 is 2.29 bits per heavy atom. The first-order chi connectivity index (χ1) is 11.4. The van der Waals surface area contributed by atoms with E-state index in [-0.39, 0.29) is 11.2 Å². The van der Waals surface area contributed by atoms with E-state index in [1.165, 1.54) is 5.56 Å². The Kier molecular flexibility index (Phi) is 4.43. The number of carbonyl (C=O) groups excluding carboxylic acids is 1. The topological polar surface area (TPSA) is 35.5 Å². The van der Waals surface area contributed by atoms with Crippen LogP contribution in [-0.2, 0) is 5.41 Å². The van der Waals surface area contributed by atoms with Gasteiger partial charge in [0.1, 0.15) is 13.2 Å². The second-order valence-corrected chi connectivity index (χ2v) is 6.93. The van der Waals surface area contributed by atoms with Crippen LogP contribution in [0.2, 0.25) is 0 Å². The Morgan fingerprint density at radius 1 is 0.958 bits per heavy atom. The van der Waals surface area contributed by atoms with E-state index in [1.54, 1.807) is 12.2 Å². The Balaban J connectivity index is 1.73. The molecule has 0 fully saturated rings. The van der Waals surface area contributed by atoms with Crippen LogP contribution >= 0.6 is 0 Å². The van der Waals surface area contributed by atoms with Crippen molar-refractivity contribution in [2.24, 2.45) is 0 Å². The largest absolute Gasteiger partial charge is 0.486 e. The second kappa shape index (κ2) is 6.52. The highest BCUT2D eigenvalue weighted by Gasteiger charge is 2.14. The molecule has 0 bridgehead atoms. The maximum absolute atomic E-state index is 12.3. The number of hydrogen-bond acceptors (Lipinski definition) is 3. The molecule has 0 spiro atoms. The fourth-order valence-electron chi connectivity index (χ4n) is 2.57. The smallest absolute Gasteiger partial charge is 0.185 e. The van der Waals surface area contributed by atoms with Gasteiger partial charge in [0.2, 0.25) is 0 Å². The van der Waals surface area contributed by atoms with Crippen molar-refractivity contribution in [1.82, 2.24) is 0 Å². The van der Waals surface area contributed by atoms with Gasteiger partial charge in [0.05, 0.1) is 0 Å². The third-order valence-corrected chi connectivity index (χ3v) is 4.03. The first-order valence-corrected chi connectivity index (χ1v) is 8.16. The molecule has 0 radical (unpaired) electrons. The van der Waals surface area contributed by atoms with Crippen LogP contribution in [0, 0.1) is 0 Å². The molecule has 3 nitrogen and oxygen atoms in total. The van der Waals surface area contributed by atoms with Gasteiger partial charge in [0, 0.05) is 5.56 Å². The zero-order valence-electron chi connectivity index (χ0n) is 14.3. The summed E-state index contributed by atoms with van der Waals surface area (Å²) in [6, 6.07) is 13.5. The lowest BCUT2D eigenvalue weighted by atomic mass is 9.86. The molecule has 1 aliphatic rings. The SMILES string of the molecule is CC(C)(C)c1ccc(C(=O)/C=C/c2ccc3c(c2)OCCO3)cc1.